The Morgan fingerprint density at radius 2 is 1.80 bits per heavy atom. The van der Waals surface area contributed by atoms with E-state index < -0.39 is 9.84 Å². The van der Waals surface area contributed by atoms with Crippen molar-refractivity contribution in [3.8, 4) is 5.75 Å². The Morgan fingerprint density at radius 3 is 2.40 bits per heavy atom. The van der Waals surface area contributed by atoms with E-state index in [1.165, 1.54) is 6.26 Å². The Balaban J connectivity index is 2.13. The third-order valence-electron chi connectivity index (χ3n) is 1.92. The predicted octanol–water partition coefficient (Wildman–Crippen LogP) is 1.89. The molecular weight excluding hydrogens is 212 g/mol. The van der Waals surface area contributed by atoms with Gasteiger partial charge in [-0.1, -0.05) is 18.2 Å². The summed E-state index contributed by atoms with van der Waals surface area (Å²) in [5.74, 6) is 1.07. The Bertz CT molecular complexity index is 370. The molecular formula is C11H16O3S. The van der Waals surface area contributed by atoms with Gasteiger partial charge in [0.1, 0.15) is 15.6 Å². The molecule has 3 nitrogen and oxygen atoms in total. The molecule has 4 heteroatoms. The summed E-state index contributed by atoms with van der Waals surface area (Å²) in [6.07, 6.45) is 2.68. The molecule has 0 aliphatic carbocycles. The first-order valence-electron chi connectivity index (χ1n) is 4.93. The first kappa shape index (κ1) is 12.0. The molecule has 0 saturated heterocycles. The van der Waals surface area contributed by atoms with Gasteiger partial charge in [0.25, 0.3) is 0 Å². The van der Waals surface area contributed by atoms with Crippen molar-refractivity contribution >= 4 is 9.84 Å². The zero-order chi connectivity index (χ0) is 11.1. The molecule has 0 N–H and O–H groups in total. The van der Waals surface area contributed by atoms with Crippen molar-refractivity contribution in [1.82, 2.24) is 0 Å². The molecule has 1 aromatic carbocycles. The molecule has 15 heavy (non-hydrogen) atoms. The van der Waals surface area contributed by atoms with Gasteiger partial charge in [-0.3, -0.25) is 0 Å². The standard InChI is InChI=1S/C11H16O3S/c1-15(12,13)10-6-5-9-14-11-7-3-2-4-8-11/h2-4,7-8H,5-6,9-10H2,1H3. The highest BCUT2D eigenvalue weighted by atomic mass is 32.2. The van der Waals surface area contributed by atoms with E-state index >= 15 is 0 Å². The molecule has 0 fully saturated rings. The van der Waals surface area contributed by atoms with Crippen LogP contribution in [0.15, 0.2) is 30.3 Å². The zero-order valence-electron chi connectivity index (χ0n) is 8.85. The molecule has 0 bridgehead atoms. The van der Waals surface area contributed by atoms with Crippen molar-refractivity contribution < 1.29 is 13.2 Å². The molecule has 0 amide bonds. The minimum atomic E-state index is -2.82. The van der Waals surface area contributed by atoms with Gasteiger partial charge in [0.15, 0.2) is 0 Å². The monoisotopic (exact) mass is 228 g/mol. The smallest absolute Gasteiger partial charge is 0.147 e. The number of para-hydroxylation sites is 1. The Labute approximate surface area is 91.0 Å². The van der Waals surface area contributed by atoms with Crippen molar-refractivity contribution in [2.75, 3.05) is 18.6 Å². The lowest BCUT2D eigenvalue weighted by atomic mass is 10.3. The van der Waals surface area contributed by atoms with Crippen molar-refractivity contribution in [1.29, 1.82) is 0 Å². The van der Waals surface area contributed by atoms with Crippen LogP contribution < -0.4 is 4.74 Å². The normalized spacial score (nSPS) is 11.3. The van der Waals surface area contributed by atoms with Crippen molar-refractivity contribution in [3.05, 3.63) is 30.3 Å². The van der Waals surface area contributed by atoms with Gasteiger partial charge in [0.05, 0.1) is 12.4 Å². The molecule has 1 aromatic rings. The lowest BCUT2D eigenvalue weighted by Crippen LogP contribution is -2.05. The maximum absolute atomic E-state index is 10.8. The lowest BCUT2D eigenvalue weighted by molar-refractivity contribution is 0.309. The summed E-state index contributed by atoms with van der Waals surface area (Å²) >= 11 is 0. The van der Waals surface area contributed by atoms with E-state index in [4.69, 9.17) is 4.74 Å². The summed E-state index contributed by atoms with van der Waals surface area (Å²) in [6.45, 7) is 0.569. The number of benzene rings is 1. The molecule has 0 atom stereocenters. The van der Waals surface area contributed by atoms with Crippen molar-refractivity contribution in [2.45, 2.75) is 12.8 Å². The van der Waals surface area contributed by atoms with E-state index in [0.29, 0.717) is 13.0 Å². The second-order valence-electron chi connectivity index (χ2n) is 3.50. The average molecular weight is 228 g/mol. The molecule has 0 aromatic heterocycles. The highest BCUT2D eigenvalue weighted by Gasteiger charge is 2.01. The zero-order valence-corrected chi connectivity index (χ0v) is 9.66. The van der Waals surface area contributed by atoms with E-state index in [0.717, 1.165) is 12.2 Å². The van der Waals surface area contributed by atoms with Crippen LogP contribution in [0.3, 0.4) is 0 Å². The molecule has 1 rings (SSSR count). The van der Waals surface area contributed by atoms with Crippen LogP contribution in [-0.4, -0.2) is 27.0 Å². The van der Waals surface area contributed by atoms with E-state index in [1.807, 2.05) is 30.3 Å². The van der Waals surface area contributed by atoms with Crippen LogP contribution in [-0.2, 0) is 9.84 Å². The quantitative estimate of drug-likeness (QED) is 0.698. The Hall–Kier alpha value is -1.03. The van der Waals surface area contributed by atoms with Gasteiger partial charge in [0.2, 0.25) is 0 Å². The van der Waals surface area contributed by atoms with E-state index in [2.05, 4.69) is 0 Å². The fraction of sp³-hybridized carbons (Fsp3) is 0.455. The van der Waals surface area contributed by atoms with Crippen LogP contribution in [0.4, 0.5) is 0 Å². The number of hydrogen-bond acceptors (Lipinski definition) is 3. The minimum absolute atomic E-state index is 0.241. The maximum Gasteiger partial charge on any atom is 0.147 e. The van der Waals surface area contributed by atoms with Gasteiger partial charge in [-0.25, -0.2) is 8.42 Å². The number of rotatable bonds is 6. The summed E-state index contributed by atoms with van der Waals surface area (Å²) in [6, 6.07) is 9.52. The number of hydrogen-bond donors (Lipinski definition) is 0. The molecule has 84 valence electrons. The Kier molecular flexibility index (Phi) is 4.62. The highest BCUT2D eigenvalue weighted by Crippen LogP contribution is 2.08. The van der Waals surface area contributed by atoms with Crippen LogP contribution in [0.25, 0.3) is 0 Å². The van der Waals surface area contributed by atoms with Crippen LogP contribution in [0, 0.1) is 0 Å². The second-order valence-corrected chi connectivity index (χ2v) is 5.76. The predicted molar refractivity (Wildman–Crippen MR) is 60.9 cm³/mol. The van der Waals surface area contributed by atoms with E-state index in [-0.39, 0.29) is 5.75 Å². The SMILES string of the molecule is CS(=O)(=O)CCCCOc1ccccc1. The fourth-order valence-corrected chi connectivity index (χ4v) is 1.90. The molecule has 0 unspecified atom stereocenters. The van der Waals surface area contributed by atoms with E-state index in [9.17, 15) is 8.42 Å². The summed E-state index contributed by atoms with van der Waals surface area (Å²) < 4.78 is 27.1. The summed E-state index contributed by atoms with van der Waals surface area (Å²) in [5.41, 5.74) is 0. The minimum Gasteiger partial charge on any atom is -0.494 e. The fourth-order valence-electron chi connectivity index (χ4n) is 1.17. The topological polar surface area (TPSA) is 43.4 Å². The van der Waals surface area contributed by atoms with Gasteiger partial charge in [-0.2, -0.15) is 0 Å². The first-order valence-corrected chi connectivity index (χ1v) is 6.99. The third-order valence-corrected chi connectivity index (χ3v) is 2.95. The number of sulfone groups is 1. The molecule has 0 radical (unpaired) electrons. The summed E-state index contributed by atoms with van der Waals surface area (Å²) in [7, 11) is -2.82. The Morgan fingerprint density at radius 1 is 1.13 bits per heavy atom. The van der Waals surface area contributed by atoms with Crippen LogP contribution in [0.5, 0.6) is 5.75 Å². The summed E-state index contributed by atoms with van der Waals surface area (Å²) in [4.78, 5) is 0. The van der Waals surface area contributed by atoms with Gasteiger partial charge in [0, 0.05) is 6.26 Å². The van der Waals surface area contributed by atoms with Gasteiger partial charge < -0.3 is 4.74 Å². The highest BCUT2D eigenvalue weighted by molar-refractivity contribution is 7.90. The van der Waals surface area contributed by atoms with Crippen LogP contribution in [0.2, 0.25) is 0 Å². The van der Waals surface area contributed by atoms with E-state index in [1.54, 1.807) is 0 Å². The van der Waals surface area contributed by atoms with Crippen LogP contribution in [0.1, 0.15) is 12.8 Å². The molecule has 0 spiro atoms. The van der Waals surface area contributed by atoms with Crippen molar-refractivity contribution in [3.63, 3.8) is 0 Å². The number of unbranched alkanes of at least 4 members (excludes halogenated alkanes) is 1. The van der Waals surface area contributed by atoms with Gasteiger partial charge >= 0.3 is 0 Å². The lowest BCUT2D eigenvalue weighted by Gasteiger charge is -2.04. The first-order chi connectivity index (χ1) is 7.08. The molecule has 0 heterocycles. The van der Waals surface area contributed by atoms with Crippen molar-refractivity contribution in [2.24, 2.45) is 0 Å². The summed E-state index contributed by atoms with van der Waals surface area (Å²) in [5, 5.41) is 0. The molecule has 0 aliphatic heterocycles. The molecule has 0 saturated carbocycles. The largest absolute Gasteiger partial charge is 0.494 e. The van der Waals surface area contributed by atoms with Crippen LogP contribution >= 0.6 is 0 Å². The third kappa shape index (κ3) is 6.12. The average Bonchev–Trinajstić information content (AvgIpc) is 2.17. The maximum atomic E-state index is 10.8. The molecule has 0 aliphatic rings. The van der Waals surface area contributed by atoms with Gasteiger partial charge in [-0.15, -0.1) is 0 Å². The number of ether oxygens (including phenoxy) is 1. The second kappa shape index (κ2) is 5.75. The van der Waals surface area contributed by atoms with Gasteiger partial charge in [-0.05, 0) is 25.0 Å².